The minimum Gasteiger partial charge on any atom is -0.480 e. The van der Waals surface area contributed by atoms with Gasteiger partial charge in [0.25, 0.3) is 0 Å². The number of ether oxygens (including phenoxy) is 1. The van der Waals surface area contributed by atoms with E-state index in [0.29, 0.717) is 0 Å². The van der Waals surface area contributed by atoms with Gasteiger partial charge in [0.2, 0.25) is 0 Å². The molecule has 2 aromatic rings. The Morgan fingerprint density at radius 2 is 1.89 bits per heavy atom. The van der Waals surface area contributed by atoms with Gasteiger partial charge in [0.1, 0.15) is 18.1 Å². The minimum atomic E-state index is -3.92. The Morgan fingerprint density at radius 1 is 1.25 bits per heavy atom. The van der Waals surface area contributed by atoms with Crippen molar-refractivity contribution in [1.29, 1.82) is 0 Å². The second-order valence-electron chi connectivity index (χ2n) is 6.73. The number of halogens is 1. The van der Waals surface area contributed by atoms with E-state index in [4.69, 9.17) is 20.5 Å². The van der Waals surface area contributed by atoms with Crippen LogP contribution in [0.3, 0.4) is 0 Å². The molecule has 0 aliphatic rings. The molecule has 0 aromatic heterocycles. The zero-order valence-electron chi connectivity index (χ0n) is 15.8. The molecule has 0 aliphatic heterocycles. The number of hydrogen-bond acceptors (Lipinski definition) is 5. The van der Waals surface area contributed by atoms with Crippen molar-refractivity contribution in [3.05, 3.63) is 42.0 Å². The van der Waals surface area contributed by atoms with Gasteiger partial charge in [-0.2, -0.15) is 0 Å². The Bertz CT molecular complexity index is 903. The molecule has 2 aromatic carbocycles. The maximum Gasteiger partial charge on any atom is 0.409 e. The summed E-state index contributed by atoms with van der Waals surface area (Å²) < 4.78 is 22.9. The van der Waals surface area contributed by atoms with Crippen LogP contribution in [-0.2, 0) is 18.9 Å². The van der Waals surface area contributed by atoms with Crippen molar-refractivity contribution in [2.45, 2.75) is 25.8 Å². The minimum absolute atomic E-state index is 0.239. The van der Waals surface area contributed by atoms with Crippen LogP contribution in [0.15, 0.2) is 36.4 Å². The summed E-state index contributed by atoms with van der Waals surface area (Å²) in [6, 6.07) is 9.36. The van der Waals surface area contributed by atoms with Crippen molar-refractivity contribution in [3.8, 4) is 5.75 Å². The first-order valence-corrected chi connectivity index (χ1v) is 11.2. The van der Waals surface area contributed by atoms with E-state index >= 15 is 0 Å². The molecular weight excluding hydrogens is 405 g/mol. The number of carbonyl (C=O) groups is 2. The van der Waals surface area contributed by atoms with Gasteiger partial charge in [-0.15, -0.1) is 0 Å². The Hall–Kier alpha value is -1.92. The third-order valence-electron chi connectivity index (χ3n) is 4.22. The predicted molar refractivity (Wildman–Crippen MR) is 108 cm³/mol. The third kappa shape index (κ3) is 5.79. The smallest absolute Gasteiger partial charge is 0.409 e. The summed E-state index contributed by atoms with van der Waals surface area (Å²) in [5.74, 6) is -1.61. The van der Waals surface area contributed by atoms with Crippen LogP contribution < -0.4 is 9.61 Å². The summed E-state index contributed by atoms with van der Waals surface area (Å²) in [5, 5.41) is 13.2. The predicted octanol–water partition coefficient (Wildman–Crippen LogP) is 4.19. The maximum atomic E-state index is 12.5. The quantitative estimate of drug-likeness (QED) is 0.433. The average Bonchev–Trinajstić information content (AvgIpc) is 2.63. The molecule has 2 rings (SSSR count). The number of carboxylic acids is 1. The lowest BCUT2D eigenvalue weighted by molar-refractivity contribution is -0.140. The zero-order chi connectivity index (χ0) is 20.9. The van der Waals surface area contributed by atoms with Gasteiger partial charge in [0, 0.05) is 18.4 Å². The van der Waals surface area contributed by atoms with E-state index in [1.165, 1.54) is 7.11 Å². The Morgan fingerprint density at radius 3 is 2.46 bits per heavy atom. The van der Waals surface area contributed by atoms with E-state index in [0.717, 1.165) is 22.6 Å². The van der Waals surface area contributed by atoms with Gasteiger partial charge in [-0.05, 0) is 34.4 Å². The third-order valence-corrected chi connectivity index (χ3v) is 5.76. The molecule has 28 heavy (non-hydrogen) atoms. The highest BCUT2D eigenvalue weighted by Crippen LogP contribution is 2.49. The molecule has 0 amide bonds. The van der Waals surface area contributed by atoms with E-state index in [2.05, 4.69) is 5.09 Å². The molecule has 0 radical (unpaired) electrons. The molecule has 2 N–H and O–H groups in total. The van der Waals surface area contributed by atoms with Crippen molar-refractivity contribution in [2.75, 3.05) is 13.7 Å². The summed E-state index contributed by atoms with van der Waals surface area (Å²) in [6.07, 6.45) is 0.838. The fraction of sp³-hybridized carbons (Fsp3) is 0.368. The molecule has 7 nitrogen and oxygen atoms in total. The van der Waals surface area contributed by atoms with Crippen LogP contribution in [0.25, 0.3) is 10.8 Å². The molecule has 0 aliphatic carbocycles. The van der Waals surface area contributed by atoms with Gasteiger partial charge < -0.3 is 19.2 Å². The SMILES string of the molecule is COC[C@@H](C=O)c1ccc2cc(OP(=O)(Cl)NC(C(=O)O)C(C)C)ccc2c1. The molecular formula is C19H23ClNO6P. The summed E-state index contributed by atoms with van der Waals surface area (Å²) in [4.78, 5) is 22.5. The molecule has 152 valence electrons. The molecule has 0 fully saturated rings. The molecule has 0 heterocycles. The first-order chi connectivity index (χ1) is 13.2. The topological polar surface area (TPSA) is 102 Å². The number of fused-ring (bicyclic) bond motifs is 1. The molecule has 0 saturated heterocycles. The number of nitrogens with one attached hydrogen (secondary N) is 1. The van der Waals surface area contributed by atoms with Crippen molar-refractivity contribution < 1.29 is 28.5 Å². The highest BCUT2D eigenvalue weighted by atomic mass is 35.7. The zero-order valence-corrected chi connectivity index (χ0v) is 17.4. The summed E-state index contributed by atoms with van der Waals surface area (Å²) in [5.41, 5.74) is 0.823. The standard InChI is InChI=1S/C19H23ClNO6P/c1-12(2)18(19(23)24)21-28(20,25)27-17-7-6-13-8-14(4-5-15(13)9-17)16(10-22)11-26-3/h4-10,12,16,18H,11H2,1-3H3,(H,21,25)(H,23,24)/t16-,18?,28?/m1/s1. The van der Waals surface area contributed by atoms with E-state index in [9.17, 15) is 19.3 Å². The molecule has 0 spiro atoms. The Labute approximate surface area is 168 Å². The largest absolute Gasteiger partial charge is 0.480 e. The van der Waals surface area contributed by atoms with Gasteiger partial charge in [-0.1, -0.05) is 38.1 Å². The van der Waals surface area contributed by atoms with Gasteiger partial charge in [0.15, 0.2) is 0 Å². The second-order valence-corrected chi connectivity index (χ2v) is 9.46. The number of benzene rings is 2. The Balaban J connectivity index is 2.23. The van der Waals surface area contributed by atoms with Crippen LogP contribution in [0.1, 0.15) is 25.3 Å². The molecule has 9 heteroatoms. The number of methoxy groups -OCH3 is 1. The fourth-order valence-electron chi connectivity index (χ4n) is 2.74. The van der Waals surface area contributed by atoms with Gasteiger partial charge >= 0.3 is 12.8 Å². The Kier molecular flexibility index (Phi) is 7.61. The maximum absolute atomic E-state index is 12.5. The number of rotatable bonds is 10. The second kappa shape index (κ2) is 9.52. The molecule has 0 saturated carbocycles. The lowest BCUT2D eigenvalue weighted by Crippen LogP contribution is -2.38. The lowest BCUT2D eigenvalue weighted by Gasteiger charge is -2.21. The fourth-order valence-corrected chi connectivity index (χ4v) is 4.47. The van der Waals surface area contributed by atoms with Crippen LogP contribution in [0.4, 0.5) is 0 Å². The molecule has 3 atom stereocenters. The highest BCUT2D eigenvalue weighted by molar-refractivity contribution is 7.84. The van der Waals surface area contributed by atoms with Crippen molar-refractivity contribution in [1.82, 2.24) is 5.09 Å². The van der Waals surface area contributed by atoms with Gasteiger partial charge in [-0.25, -0.2) is 9.65 Å². The summed E-state index contributed by atoms with van der Waals surface area (Å²) in [6.45, 7) is -0.281. The van der Waals surface area contributed by atoms with E-state index in [1.54, 1.807) is 32.0 Å². The lowest BCUT2D eigenvalue weighted by atomic mass is 9.98. The normalized spacial score (nSPS) is 15.8. The van der Waals surface area contributed by atoms with Crippen LogP contribution in [0.2, 0.25) is 0 Å². The van der Waals surface area contributed by atoms with Gasteiger partial charge in [-0.3, -0.25) is 4.79 Å². The van der Waals surface area contributed by atoms with E-state index in [-0.39, 0.29) is 24.2 Å². The van der Waals surface area contributed by atoms with Crippen molar-refractivity contribution in [3.63, 3.8) is 0 Å². The first kappa shape index (κ1) is 22.4. The van der Waals surface area contributed by atoms with E-state index in [1.807, 2.05) is 18.2 Å². The van der Waals surface area contributed by atoms with Crippen LogP contribution in [0.5, 0.6) is 5.75 Å². The number of aliphatic carboxylic acids is 1. The van der Waals surface area contributed by atoms with E-state index < -0.39 is 18.9 Å². The van der Waals surface area contributed by atoms with Crippen LogP contribution in [-0.4, -0.2) is 37.1 Å². The van der Waals surface area contributed by atoms with Crippen molar-refractivity contribution in [2.24, 2.45) is 5.92 Å². The number of carboxylic acid groups (broad SMARTS) is 1. The highest BCUT2D eigenvalue weighted by Gasteiger charge is 2.32. The van der Waals surface area contributed by atoms with Crippen LogP contribution >= 0.6 is 18.1 Å². The summed E-state index contributed by atoms with van der Waals surface area (Å²) in [7, 11) is 1.54. The first-order valence-electron chi connectivity index (χ1n) is 8.64. The monoisotopic (exact) mass is 427 g/mol. The molecule has 0 bridgehead atoms. The number of carbonyl (C=O) groups excluding carboxylic acids is 1. The number of hydrogen-bond donors (Lipinski definition) is 2. The number of aldehydes is 1. The van der Waals surface area contributed by atoms with Crippen molar-refractivity contribution >= 4 is 41.1 Å². The average molecular weight is 428 g/mol. The van der Waals surface area contributed by atoms with Crippen LogP contribution in [0, 0.1) is 5.92 Å². The van der Waals surface area contributed by atoms with Gasteiger partial charge in [0.05, 0.1) is 12.5 Å². The molecule has 2 unspecified atom stereocenters. The summed E-state index contributed by atoms with van der Waals surface area (Å²) >= 11 is 5.93.